The van der Waals surface area contributed by atoms with Gasteiger partial charge < -0.3 is 9.64 Å². The molecule has 7 nitrogen and oxygen atoms in total. The molecule has 168 valence electrons. The van der Waals surface area contributed by atoms with E-state index in [1.54, 1.807) is 29.2 Å². The van der Waals surface area contributed by atoms with E-state index in [1.165, 1.54) is 0 Å². The molecular weight excluding hydrogens is 432 g/mol. The van der Waals surface area contributed by atoms with Crippen LogP contribution in [0, 0.1) is 5.82 Å². The van der Waals surface area contributed by atoms with Gasteiger partial charge in [0.2, 0.25) is 11.9 Å². The summed E-state index contributed by atoms with van der Waals surface area (Å²) in [6, 6.07) is 8.92. The minimum atomic E-state index is -4.83. The van der Waals surface area contributed by atoms with Gasteiger partial charge in [0.15, 0.2) is 0 Å². The summed E-state index contributed by atoms with van der Waals surface area (Å²) in [5.41, 5.74) is 1.02. The minimum Gasteiger partial charge on any atom is -0.378 e. The Hall–Kier alpha value is -3.47. The predicted molar refractivity (Wildman–Crippen MR) is 109 cm³/mol. The number of hydrogen-bond acceptors (Lipinski definition) is 5. The lowest BCUT2D eigenvalue weighted by molar-refractivity contribution is -0.140. The molecule has 1 fully saturated rings. The molecule has 1 N–H and O–H groups in total. The van der Waals surface area contributed by atoms with Gasteiger partial charge in [-0.3, -0.25) is 15.0 Å². The van der Waals surface area contributed by atoms with Crippen molar-refractivity contribution in [2.45, 2.75) is 12.6 Å². The van der Waals surface area contributed by atoms with Crippen LogP contribution in [0.5, 0.6) is 0 Å². The molecule has 2 aromatic carbocycles. The van der Waals surface area contributed by atoms with E-state index in [1.807, 2.05) is 0 Å². The highest BCUT2D eigenvalue weighted by molar-refractivity contribution is 5.87. The number of amides is 1. The summed E-state index contributed by atoms with van der Waals surface area (Å²) in [6.45, 7) is 1.73. The maximum Gasteiger partial charge on any atom is 0.419 e. The number of halogens is 4. The first-order valence-electron chi connectivity index (χ1n) is 9.74. The molecule has 0 aliphatic carbocycles. The summed E-state index contributed by atoms with van der Waals surface area (Å²) < 4.78 is 58.4. The average Bonchev–Trinajstić information content (AvgIpc) is 2.75. The molecule has 32 heavy (non-hydrogen) atoms. The lowest BCUT2D eigenvalue weighted by Gasteiger charge is -2.29. The highest BCUT2D eigenvalue weighted by Gasteiger charge is 2.34. The van der Waals surface area contributed by atoms with Gasteiger partial charge in [-0.25, -0.2) is 9.37 Å². The van der Waals surface area contributed by atoms with E-state index in [0.29, 0.717) is 44.0 Å². The first-order chi connectivity index (χ1) is 15.2. The van der Waals surface area contributed by atoms with Gasteiger partial charge in [-0.05, 0) is 29.8 Å². The third kappa shape index (κ3) is 4.42. The summed E-state index contributed by atoms with van der Waals surface area (Å²) in [7, 11) is 0. The van der Waals surface area contributed by atoms with Gasteiger partial charge in [0.05, 0.1) is 36.1 Å². The molecule has 3 aromatic rings. The van der Waals surface area contributed by atoms with Crippen LogP contribution in [0.25, 0.3) is 10.9 Å². The first-order valence-corrected chi connectivity index (χ1v) is 9.74. The molecule has 1 aliphatic rings. The maximum atomic E-state index is 13.8. The number of benzene rings is 2. The van der Waals surface area contributed by atoms with Gasteiger partial charge in [-0.2, -0.15) is 17.8 Å². The summed E-state index contributed by atoms with van der Waals surface area (Å²) in [4.78, 5) is 32.0. The Labute approximate surface area is 179 Å². The fraction of sp³-hybridized carbons (Fsp3) is 0.286. The number of alkyl halides is 3. The van der Waals surface area contributed by atoms with E-state index in [2.05, 4.69) is 10.4 Å². The Morgan fingerprint density at radius 3 is 2.53 bits per heavy atom. The third-order valence-electron chi connectivity index (χ3n) is 4.99. The molecule has 0 atom stereocenters. The third-order valence-corrected chi connectivity index (χ3v) is 4.99. The molecule has 4 rings (SSSR count). The average molecular weight is 450 g/mol. The van der Waals surface area contributed by atoms with E-state index in [-0.39, 0.29) is 16.9 Å². The minimum absolute atomic E-state index is 0.0303. The highest BCUT2D eigenvalue weighted by Crippen LogP contribution is 2.31. The van der Waals surface area contributed by atoms with Crippen molar-refractivity contribution in [2.75, 3.05) is 36.6 Å². The van der Waals surface area contributed by atoms with Crippen LogP contribution in [-0.2, 0) is 22.1 Å². The number of hydrogen-bond donors (Lipinski definition) is 1. The van der Waals surface area contributed by atoms with Crippen LogP contribution < -0.4 is 15.9 Å². The highest BCUT2D eigenvalue weighted by atomic mass is 19.4. The van der Waals surface area contributed by atoms with Crippen LogP contribution in [0.3, 0.4) is 0 Å². The van der Waals surface area contributed by atoms with Crippen LogP contribution in [0.2, 0.25) is 0 Å². The zero-order valence-corrected chi connectivity index (χ0v) is 16.7. The molecule has 1 saturated heterocycles. The number of anilines is 1. The number of aromatic nitrogens is 2. The molecular formula is C21H18F4N4O3. The number of ether oxygens (including phenoxy) is 1. The standard InChI is InChI=1S/C21H18F4N4O3/c22-16-11-13(5-6-15(16)21(23,24)25)12-18(30)27-29-19(31)14-3-1-2-4-17(14)26-20(29)28-7-9-32-10-8-28/h1-6,11H,7-10,12H2,(H,27,30). The van der Waals surface area contributed by atoms with Crippen LogP contribution in [0.1, 0.15) is 11.1 Å². The number of nitrogens with one attached hydrogen (secondary N) is 1. The number of carbonyl (C=O) groups is 1. The number of carbonyl (C=O) groups excluding carboxylic acids is 1. The molecule has 0 saturated carbocycles. The SMILES string of the molecule is O=C(Cc1ccc(C(F)(F)F)c(F)c1)Nn1c(N2CCOCC2)nc2ccccc2c1=O. The second-order valence-corrected chi connectivity index (χ2v) is 7.19. The van der Waals surface area contributed by atoms with Crippen molar-refractivity contribution >= 4 is 22.8 Å². The summed E-state index contributed by atoms with van der Waals surface area (Å²) in [5.74, 6) is -1.97. The summed E-state index contributed by atoms with van der Waals surface area (Å²) >= 11 is 0. The number of fused-ring (bicyclic) bond motifs is 1. The van der Waals surface area contributed by atoms with Crippen molar-refractivity contribution in [1.82, 2.24) is 9.66 Å². The van der Waals surface area contributed by atoms with Crippen molar-refractivity contribution < 1.29 is 27.1 Å². The van der Waals surface area contributed by atoms with Gasteiger partial charge in [0, 0.05) is 13.1 Å². The lowest BCUT2D eigenvalue weighted by Crippen LogP contribution is -2.44. The zero-order valence-electron chi connectivity index (χ0n) is 16.7. The van der Waals surface area contributed by atoms with Gasteiger partial charge in [-0.1, -0.05) is 18.2 Å². The Morgan fingerprint density at radius 2 is 1.84 bits per heavy atom. The Bertz CT molecular complexity index is 1220. The Kier molecular flexibility index (Phi) is 5.83. The van der Waals surface area contributed by atoms with Crippen LogP contribution >= 0.6 is 0 Å². The van der Waals surface area contributed by atoms with Crippen molar-refractivity contribution in [1.29, 1.82) is 0 Å². The van der Waals surface area contributed by atoms with Gasteiger partial charge >= 0.3 is 6.18 Å². The number of para-hydroxylation sites is 1. The van der Waals surface area contributed by atoms with E-state index >= 15 is 0 Å². The molecule has 0 unspecified atom stereocenters. The summed E-state index contributed by atoms with van der Waals surface area (Å²) in [5, 5.41) is 0.283. The number of rotatable bonds is 4. The van der Waals surface area contributed by atoms with E-state index in [4.69, 9.17) is 4.74 Å². The lowest BCUT2D eigenvalue weighted by atomic mass is 10.1. The maximum absolute atomic E-state index is 13.8. The van der Waals surface area contributed by atoms with Crippen LogP contribution in [0.4, 0.5) is 23.5 Å². The topological polar surface area (TPSA) is 76.5 Å². The van der Waals surface area contributed by atoms with E-state index in [0.717, 1.165) is 10.7 Å². The second kappa shape index (κ2) is 8.58. The van der Waals surface area contributed by atoms with Crippen molar-refractivity contribution in [3.8, 4) is 0 Å². The Balaban J connectivity index is 1.64. The first kappa shape index (κ1) is 21.8. The molecule has 1 aromatic heterocycles. The van der Waals surface area contributed by atoms with Crippen LogP contribution in [-0.4, -0.2) is 41.9 Å². The van der Waals surface area contributed by atoms with Crippen LogP contribution in [0.15, 0.2) is 47.3 Å². The molecule has 1 aliphatic heterocycles. The monoisotopic (exact) mass is 450 g/mol. The molecule has 1 amide bonds. The fourth-order valence-electron chi connectivity index (χ4n) is 3.45. The van der Waals surface area contributed by atoms with Gasteiger partial charge in [-0.15, -0.1) is 0 Å². The van der Waals surface area contributed by atoms with Gasteiger partial charge in [0.25, 0.3) is 5.56 Å². The van der Waals surface area contributed by atoms with Crippen molar-refractivity contribution in [3.05, 3.63) is 69.8 Å². The fourth-order valence-corrected chi connectivity index (χ4v) is 3.45. The van der Waals surface area contributed by atoms with Gasteiger partial charge in [0.1, 0.15) is 5.82 Å². The molecule has 2 heterocycles. The van der Waals surface area contributed by atoms with E-state index in [9.17, 15) is 27.2 Å². The molecule has 0 bridgehead atoms. The zero-order chi connectivity index (χ0) is 22.9. The Morgan fingerprint density at radius 1 is 1.12 bits per heavy atom. The molecule has 11 heteroatoms. The predicted octanol–water partition coefficient (Wildman–Crippen LogP) is 2.70. The normalized spacial score (nSPS) is 14.6. The van der Waals surface area contributed by atoms with Crippen molar-refractivity contribution in [2.24, 2.45) is 0 Å². The number of nitrogens with zero attached hydrogens (tertiary/aromatic N) is 3. The molecule has 0 spiro atoms. The smallest absolute Gasteiger partial charge is 0.378 e. The van der Waals surface area contributed by atoms with E-state index < -0.39 is 35.4 Å². The van der Waals surface area contributed by atoms with Crippen molar-refractivity contribution in [3.63, 3.8) is 0 Å². The second-order valence-electron chi connectivity index (χ2n) is 7.19. The summed E-state index contributed by atoms with van der Waals surface area (Å²) in [6.07, 6.45) is -5.26. The largest absolute Gasteiger partial charge is 0.419 e. The quantitative estimate of drug-likeness (QED) is 0.619. The number of morpholine rings is 1. The molecule has 0 radical (unpaired) electrons.